The molecular weight excluding hydrogens is 284 g/mol. The Hall–Kier alpha value is 0.1000. The molecule has 1 rings (SSSR count). The Morgan fingerprint density at radius 2 is 2.06 bits per heavy atom. The fourth-order valence-corrected chi connectivity index (χ4v) is 3.40. The van der Waals surface area contributed by atoms with Crippen molar-refractivity contribution in [2.24, 2.45) is 5.73 Å². The van der Waals surface area contributed by atoms with Gasteiger partial charge in [0.05, 0.1) is 9.83 Å². The van der Waals surface area contributed by atoms with Gasteiger partial charge < -0.3 is 5.73 Å². The number of hydrogen-bond donors (Lipinski definition) is 1. The number of halogens is 1. The summed E-state index contributed by atoms with van der Waals surface area (Å²) in [5.74, 6) is 0. The normalized spacial score (nSPS) is 15.8. The first-order valence-corrected chi connectivity index (χ1v) is 7.31. The van der Waals surface area contributed by atoms with Crippen LogP contribution < -0.4 is 5.73 Å². The van der Waals surface area contributed by atoms with E-state index in [-0.39, 0.29) is 6.04 Å². The van der Waals surface area contributed by atoms with E-state index in [1.54, 1.807) is 11.3 Å². The first kappa shape index (κ1) is 14.2. The summed E-state index contributed by atoms with van der Waals surface area (Å²) in [4.78, 5) is 3.70. The second-order valence-corrected chi connectivity index (χ2v) is 6.91. The van der Waals surface area contributed by atoms with Crippen LogP contribution in [-0.2, 0) is 0 Å². The van der Waals surface area contributed by atoms with E-state index >= 15 is 0 Å². The molecule has 0 saturated heterocycles. The molecule has 0 saturated carbocycles. The molecule has 1 heterocycles. The molecule has 0 spiro atoms. The zero-order chi connectivity index (χ0) is 12.3. The molecule has 0 amide bonds. The Morgan fingerprint density at radius 3 is 2.44 bits per heavy atom. The summed E-state index contributed by atoms with van der Waals surface area (Å²) in [7, 11) is 2.15. The molecule has 0 aromatic carbocycles. The summed E-state index contributed by atoms with van der Waals surface area (Å²) in [6, 6.07) is 5.29. The zero-order valence-electron chi connectivity index (χ0n) is 10.4. The maximum absolute atomic E-state index is 6.25. The average molecular weight is 305 g/mol. The quantitative estimate of drug-likeness (QED) is 0.900. The number of rotatable bonds is 5. The number of likely N-dealkylation sites (N-methyl/N-ethyl adjacent to an activating group) is 1. The van der Waals surface area contributed by atoms with Gasteiger partial charge in [0.2, 0.25) is 0 Å². The van der Waals surface area contributed by atoms with Crippen LogP contribution in [0.1, 0.15) is 38.1 Å². The van der Waals surface area contributed by atoms with Gasteiger partial charge in [0.25, 0.3) is 0 Å². The predicted molar refractivity (Wildman–Crippen MR) is 75.9 cm³/mol. The largest absolute Gasteiger partial charge is 0.326 e. The molecule has 1 aromatic rings. The maximum atomic E-state index is 6.25. The van der Waals surface area contributed by atoms with E-state index in [1.807, 2.05) is 0 Å². The van der Waals surface area contributed by atoms with E-state index in [0.717, 1.165) is 6.42 Å². The molecule has 2 unspecified atom stereocenters. The van der Waals surface area contributed by atoms with Gasteiger partial charge in [-0.2, -0.15) is 0 Å². The number of thiophene rings is 1. The summed E-state index contributed by atoms with van der Waals surface area (Å²) in [5, 5.41) is 0. The Bertz CT molecular complexity index is 325. The third kappa shape index (κ3) is 3.29. The van der Waals surface area contributed by atoms with Crippen LogP contribution in [0.5, 0.6) is 0 Å². The van der Waals surface area contributed by atoms with Gasteiger partial charge in [-0.1, -0.05) is 6.92 Å². The SMILES string of the molecule is CCC(N)C(c1ccc(Br)s1)N(C)C(C)C. The van der Waals surface area contributed by atoms with E-state index in [9.17, 15) is 0 Å². The third-order valence-corrected chi connectivity index (χ3v) is 4.71. The molecule has 0 aliphatic rings. The zero-order valence-corrected chi connectivity index (χ0v) is 12.8. The van der Waals surface area contributed by atoms with Crippen LogP contribution in [0.25, 0.3) is 0 Å². The molecular formula is C12H21BrN2S. The minimum absolute atomic E-state index is 0.193. The average Bonchev–Trinajstić information content (AvgIpc) is 2.64. The van der Waals surface area contributed by atoms with Crippen molar-refractivity contribution in [3.63, 3.8) is 0 Å². The van der Waals surface area contributed by atoms with Gasteiger partial charge in [-0.25, -0.2) is 0 Å². The Morgan fingerprint density at radius 1 is 1.44 bits per heavy atom. The molecule has 0 bridgehead atoms. The number of nitrogens with zero attached hydrogens (tertiary/aromatic N) is 1. The summed E-state index contributed by atoms with van der Waals surface area (Å²) in [6.07, 6.45) is 0.997. The molecule has 92 valence electrons. The fraction of sp³-hybridized carbons (Fsp3) is 0.667. The van der Waals surface area contributed by atoms with Crippen LogP contribution in [0.3, 0.4) is 0 Å². The summed E-state index contributed by atoms with van der Waals surface area (Å²) >= 11 is 5.30. The Balaban J connectivity index is 2.96. The van der Waals surface area contributed by atoms with E-state index in [2.05, 4.69) is 60.8 Å². The molecule has 0 aliphatic carbocycles. The molecule has 0 radical (unpaired) electrons. The minimum atomic E-state index is 0.193. The van der Waals surface area contributed by atoms with Crippen molar-refractivity contribution in [3.05, 3.63) is 20.8 Å². The highest BCUT2D eigenvalue weighted by Crippen LogP contribution is 2.33. The molecule has 2 N–H and O–H groups in total. The van der Waals surface area contributed by atoms with Crippen LogP contribution in [-0.4, -0.2) is 24.0 Å². The van der Waals surface area contributed by atoms with Crippen LogP contribution in [0.15, 0.2) is 15.9 Å². The van der Waals surface area contributed by atoms with E-state index in [4.69, 9.17) is 5.73 Å². The smallest absolute Gasteiger partial charge is 0.0702 e. The first-order chi connectivity index (χ1) is 7.47. The summed E-state index contributed by atoms with van der Waals surface area (Å²) in [6.45, 7) is 6.56. The minimum Gasteiger partial charge on any atom is -0.326 e. The highest BCUT2D eigenvalue weighted by molar-refractivity contribution is 9.11. The second kappa shape index (κ2) is 6.15. The van der Waals surface area contributed by atoms with Crippen molar-refractivity contribution in [1.82, 2.24) is 4.90 Å². The van der Waals surface area contributed by atoms with Crippen LogP contribution in [0.4, 0.5) is 0 Å². The summed E-state index contributed by atoms with van der Waals surface area (Å²) < 4.78 is 1.17. The predicted octanol–water partition coefficient (Wildman–Crippen LogP) is 3.63. The van der Waals surface area contributed by atoms with Crippen molar-refractivity contribution < 1.29 is 0 Å². The molecule has 4 heteroatoms. The van der Waals surface area contributed by atoms with Crippen molar-refractivity contribution in [3.8, 4) is 0 Å². The van der Waals surface area contributed by atoms with Crippen molar-refractivity contribution in [2.75, 3.05) is 7.05 Å². The van der Waals surface area contributed by atoms with Crippen LogP contribution >= 0.6 is 27.3 Å². The maximum Gasteiger partial charge on any atom is 0.0702 e. The fourth-order valence-electron chi connectivity index (χ4n) is 1.75. The van der Waals surface area contributed by atoms with Gasteiger partial charge >= 0.3 is 0 Å². The second-order valence-electron chi connectivity index (χ2n) is 4.42. The standard InChI is InChI=1S/C12H21BrN2S/c1-5-9(14)12(15(4)8(2)3)10-6-7-11(13)16-10/h6-9,12H,5,14H2,1-4H3. The van der Waals surface area contributed by atoms with Gasteiger partial charge in [-0.3, -0.25) is 4.90 Å². The first-order valence-electron chi connectivity index (χ1n) is 5.70. The monoisotopic (exact) mass is 304 g/mol. The Kier molecular flexibility index (Phi) is 5.44. The van der Waals surface area contributed by atoms with Gasteiger partial charge in [0.15, 0.2) is 0 Å². The van der Waals surface area contributed by atoms with E-state index < -0.39 is 0 Å². The van der Waals surface area contributed by atoms with Crippen LogP contribution in [0, 0.1) is 0 Å². The lowest BCUT2D eigenvalue weighted by Gasteiger charge is -2.34. The molecule has 2 nitrogen and oxygen atoms in total. The highest BCUT2D eigenvalue weighted by atomic mass is 79.9. The van der Waals surface area contributed by atoms with Crippen LogP contribution in [0.2, 0.25) is 0 Å². The van der Waals surface area contributed by atoms with Crippen molar-refractivity contribution >= 4 is 27.3 Å². The lowest BCUT2D eigenvalue weighted by molar-refractivity contribution is 0.171. The van der Waals surface area contributed by atoms with Gasteiger partial charge in [-0.05, 0) is 55.4 Å². The highest BCUT2D eigenvalue weighted by Gasteiger charge is 2.25. The lowest BCUT2D eigenvalue weighted by Crippen LogP contribution is -2.41. The van der Waals surface area contributed by atoms with Crippen molar-refractivity contribution in [1.29, 1.82) is 0 Å². The number of nitrogens with two attached hydrogens (primary N) is 1. The molecule has 2 atom stereocenters. The number of hydrogen-bond acceptors (Lipinski definition) is 3. The lowest BCUT2D eigenvalue weighted by atomic mass is 10.0. The van der Waals surface area contributed by atoms with Gasteiger partial charge in [0.1, 0.15) is 0 Å². The van der Waals surface area contributed by atoms with Crippen molar-refractivity contribution in [2.45, 2.75) is 45.3 Å². The summed E-state index contributed by atoms with van der Waals surface area (Å²) in [5.41, 5.74) is 6.25. The van der Waals surface area contributed by atoms with E-state index in [1.165, 1.54) is 8.66 Å². The van der Waals surface area contributed by atoms with E-state index in [0.29, 0.717) is 12.1 Å². The topological polar surface area (TPSA) is 29.3 Å². The molecule has 0 fully saturated rings. The molecule has 0 aliphatic heterocycles. The molecule has 1 aromatic heterocycles. The van der Waals surface area contributed by atoms with Gasteiger partial charge in [0, 0.05) is 17.0 Å². The van der Waals surface area contributed by atoms with Gasteiger partial charge in [-0.15, -0.1) is 11.3 Å². The molecule has 16 heavy (non-hydrogen) atoms. The Labute approximate surface area is 111 Å². The third-order valence-electron chi connectivity index (χ3n) is 3.02.